The van der Waals surface area contributed by atoms with Crippen molar-refractivity contribution < 1.29 is 22.7 Å². The fraction of sp³-hybridized carbons (Fsp3) is 0.257. The van der Waals surface area contributed by atoms with Gasteiger partial charge < -0.3 is 15.0 Å². The lowest BCUT2D eigenvalue weighted by atomic mass is 10.0. The summed E-state index contributed by atoms with van der Waals surface area (Å²) in [6, 6.07) is 30.5. The van der Waals surface area contributed by atoms with E-state index < -0.39 is 28.5 Å². The molecular weight excluding hydrogens is 654 g/mol. The summed E-state index contributed by atoms with van der Waals surface area (Å²) >= 11 is 3.46. The number of halogens is 1. The minimum Gasteiger partial charge on any atom is -0.492 e. The molecule has 0 aliphatic rings. The maximum Gasteiger partial charge on any atom is 0.264 e. The molecule has 236 valence electrons. The van der Waals surface area contributed by atoms with E-state index >= 15 is 0 Å². The molecule has 45 heavy (non-hydrogen) atoms. The van der Waals surface area contributed by atoms with E-state index in [1.165, 1.54) is 17.0 Å². The molecule has 0 spiro atoms. The van der Waals surface area contributed by atoms with Crippen molar-refractivity contribution in [1.29, 1.82) is 0 Å². The Labute approximate surface area is 274 Å². The van der Waals surface area contributed by atoms with E-state index in [4.69, 9.17) is 4.74 Å². The van der Waals surface area contributed by atoms with Crippen LogP contribution in [-0.2, 0) is 32.6 Å². The van der Waals surface area contributed by atoms with Gasteiger partial charge in [-0.2, -0.15) is 0 Å². The Bertz CT molecular complexity index is 1670. The van der Waals surface area contributed by atoms with Gasteiger partial charge in [0.1, 0.15) is 18.3 Å². The molecule has 2 amide bonds. The quantitative estimate of drug-likeness (QED) is 0.170. The first-order valence-corrected chi connectivity index (χ1v) is 17.0. The average Bonchev–Trinajstić information content (AvgIpc) is 3.03. The topological polar surface area (TPSA) is 96.0 Å². The molecule has 0 aliphatic heterocycles. The number of anilines is 1. The molecule has 4 aromatic carbocycles. The zero-order valence-corrected chi connectivity index (χ0v) is 28.0. The Hall–Kier alpha value is -4.15. The standard InChI is InChI=1S/C35H38BrN3O5S/c1-4-44-33-18-12-11-17-31(33)39(45(42,43)30-15-9-6-10-16-30)25-34(40)38(24-28-19-21-29(36)22-20-28)32(35(41)37-26(2)3)23-27-13-7-5-8-14-27/h5-22,26,32H,4,23-25H2,1-3H3,(H,37,41)/t32-/m0/s1. The number of nitrogens with one attached hydrogen (secondary N) is 1. The van der Waals surface area contributed by atoms with Crippen LogP contribution in [0.15, 0.2) is 119 Å². The summed E-state index contributed by atoms with van der Waals surface area (Å²) in [7, 11) is -4.23. The number of ether oxygens (including phenoxy) is 1. The van der Waals surface area contributed by atoms with Gasteiger partial charge in [0.25, 0.3) is 10.0 Å². The summed E-state index contributed by atoms with van der Waals surface area (Å²) < 4.78 is 36.1. The lowest BCUT2D eigenvalue weighted by Gasteiger charge is -2.34. The lowest BCUT2D eigenvalue weighted by molar-refractivity contribution is -0.140. The molecule has 4 aromatic rings. The van der Waals surface area contributed by atoms with Crippen LogP contribution in [-0.4, -0.2) is 50.4 Å². The minimum absolute atomic E-state index is 0.0296. The summed E-state index contributed by atoms with van der Waals surface area (Å²) in [6.45, 7) is 5.35. The van der Waals surface area contributed by atoms with Gasteiger partial charge in [0, 0.05) is 23.5 Å². The Morgan fingerprint density at radius 2 is 1.42 bits per heavy atom. The third kappa shape index (κ3) is 8.95. The molecule has 0 fully saturated rings. The molecule has 0 aliphatic carbocycles. The van der Waals surface area contributed by atoms with Gasteiger partial charge in [-0.05, 0) is 68.3 Å². The van der Waals surface area contributed by atoms with Crippen molar-refractivity contribution in [2.75, 3.05) is 17.5 Å². The fourth-order valence-corrected chi connectivity index (χ4v) is 6.61. The predicted molar refractivity (Wildman–Crippen MR) is 180 cm³/mol. The van der Waals surface area contributed by atoms with Crippen molar-refractivity contribution >= 4 is 43.5 Å². The summed E-state index contributed by atoms with van der Waals surface area (Å²) in [6.07, 6.45) is 0.239. The summed E-state index contributed by atoms with van der Waals surface area (Å²) in [5.74, 6) is -0.541. The maximum atomic E-state index is 14.6. The number of hydrogen-bond donors (Lipinski definition) is 1. The molecule has 0 unspecified atom stereocenters. The monoisotopic (exact) mass is 691 g/mol. The number of para-hydroxylation sites is 2. The largest absolute Gasteiger partial charge is 0.492 e. The highest BCUT2D eigenvalue weighted by Gasteiger charge is 2.35. The van der Waals surface area contributed by atoms with Crippen LogP contribution in [0, 0.1) is 0 Å². The first-order valence-electron chi connectivity index (χ1n) is 14.8. The number of amides is 2. The van der Waals surface area contributed by atoms with Crippen molar-refractivity contribution in [3.05, 3.63) is 125 Å². The van der Waals surface area contributed by atoms with Gasteiger partial charge in [-0.3, -0.25) is 13.9 Å². The molecule has 1 N–H and O–H groups in total. The molecule has 4 rings (SSSR count). The highest BCUT2D eigenvalue weighted by Crippen LogP contribution is 2.33. The van der Waals surface area contributed by atoms with Crippen molar-refractivity contribution in [1.82, 2.24) is 10.2 Å². The minimum atomic E-state index is -4.23. The molecule has 0 saturated carbocycles. The van der Waals surface area contributed by atoms with Crippen molar-refractivity contribution in [2.45, 2.75) is 50.7 Å². The van der Waals surface area contributed by atoms with E-state index in [0.29, 0.717) is 12.4 Å². The second-order valence-corrected chi connectivity index (χ2v) is 13.5. The zero-order valence-electron chi connectivity index (χ0n) is 25.6. The summed E-state index contributed by atoms with van der Waals surface area (Å²) in [5.41, 5.74) is 1.88. The highest BCUT2D eigenvalue weighted by atomic mass is 79.9. The Balaban J connectivity index is 1.83. The first kappa shape index (κ1) is 33.7. The van der Waals surface area contributed by atoms with Gasteiger partial charge in [0.05, 0.1) is 17.2 Å². The molecular formula is C35H38BrN3O5S. The van der Waals surface area contributed by atoms with Crippen molar-refractivity contribution in [2.24, 2.45) is 0 Å². The van der Waals surface area contributed by atoms with Crippen LogP contribution in [0.25, 0.3) is 0 Å². The van der Waals surface area contributed by atoms with Crippen LogP contribution >= 0.6 is 15.9 Å². The molecule has 8 nitrogen and oxygen atoms in total. The second kappa shape index (κ2) is 15.7. The van der Waals surface area contributed by atoms with E-state index in [1.807, 2.05) is 68.4 Å². The van der Waals surface area contributed by atoms with Gasteiger partial charge in [0.15, 0.2) is 0 Å². The molecule has 0 heterocycles. The number of nitrogens with zero attached hydrogens (tertiary/aromatic N) is 2. The number of hydrogen-bond acceptors (Lipinski definition) is 5. The molecule has 0 radical (unpaired) electrons. The smallest absolute Gasteiger partial charge is 0.264 e. The first-order chi connectivity index (χ1) is 21.6. The summed E-state index contributed by atoms with van der Waals surface area (Å²) in [5, 5.41) is 2.97. The lowest BCUT2D eigenvalue weighted by Crippen LogP contribution is -2.54. The van der Waals surface area contributed by atoms with E-state index in [2.05, 4.69) is 21.2 Å². The van der Waals surface area contributed by atoms with Gasteiger partial charge in [-0.15, -0.1) is 0 Å². The van der Waals surface area contributed by atoms with Gasteiger partial charge in [-0.25, -0.2) is 8.42 Å². The highest BCUT2D eigenvalue weighted by molar-refractivity contribution is 9.10. The van der Waals surface area contributed by atoms with E-state index in [9.17, 15) is 18.0 Å². The van der Waals surface area contributed by atoms with Crippen LogP contribution < -0.4 is 14.4 Å². The van der Waals surface area contributed by atoms with Gasteiger partial charge >= 0.3 is 0 Å². The number of carbonyl (C=O) groups is 2. The van der Waals surface area contributed by atoms with Crippen LogP contribution in [0.4, 0.5) is 5.69 Å². The van der Waals surface area contributed by atoms with Crippen LogP contribution in [0.2, 0.25) is 0 Å². The second-order valence-electron chi connectivity index (χ2n) is 10.7. The normalized spacial score (nSPS) is 11.9. The Kier molecular flexibility index (Phi) is 11.8. The van der Waals surface area contributed by atoms with Crippen molar-refractivity contribution in [3.63, 3.8) is 0 Å². The molecule has 1 atom stereocenters. The number of sulfonamides is 1. The van der Waals surface area contributed by atoms with Crippen LogP contribution in [0.3, 0.4) is 0 Å². The van der Waals surface area contributed by atoms with Crippen LogP contribution in [0.5, 0.6) is 5.75 Å². The Morgan fingerprint density at radius 3 is 2.04 bits per heavy atom. The number of benzene rings is 4. The van der Waals surface area contributed by atoms with Gasteiger partial charge in [-0.1, -0.05) is 88.7 Å². The third-order valence-corrected chi connectivity index (χ3v) is 9.31. The molecule has 0 bridgehead atoms. The molecule has 0 aromatic heterocycles. The number of rotatable bonds is 14. The SMILES string of the molecule is CCOc1ccccc1N(CC(=O)N(Cc1ccc(Br)cc1)[C@@H](Cc1ccccc1)C(=O)NC(C)C)S(=O)(=O)c1ccccc1. The number of carbonyl (C=O) groups excluding carboxylic acids is 2. The predicted octanol–water partition coefficient (Wildman–Crippen LogP) is 6.21. The van der Waals surface area contributed by atoms with E-state index in [0.717, 1.165) is 19.9 Å². The maximum absolute atomic E-state index is 14.6. The summed E-state index contributed by atoms with van der Waals surface area (Å²) in [4.78, 5) is 29.9. The van der Waals surface area contributed by atoms with Gasteiger partial charge in [0.2, 0.25) is 11.8 Å². The third-order valence-electron chi connectivity index (χ3n) is 7.01. The zero-order chi connectivity index (χ0) is 32.4. The Morgan fingerprint density at radius 1 is 0.822 bits per heavy atom. The fourth-order valence-electron chi connectivity index (χ4n) is 4.89. The molecule has 0 saturated heterocycles. The van der Waals surface area contributed by atoms with E-state index in [1.54, 1.807) is 49.4 Å². The van der Waals surface area contributed by atoms with Crippen molar-refractivity contribution in [3.8, 4) is 5.75 Å². The van der Waals surface area contributed by atoms with Crippen LogP contribution in [0.1, 0.15) is 31.9 Å². The molecule has 10 heteroatoms. The van der Waals surface area contributed by atoms with E-state index in [-0.39, 0.29) is 35.5 Å². The average molecular weight is 693 g/mol.